The van der Waals surface area contributed by atoms with Gasteiger partial charge in [-0.25, -0.2) is 9.37 Å². The van der Waals surface area contributed by atoms with E-state index in [9.17, 15) is 14.0 Å². The average molecular weight is 517 g/mol. The van der Waals surface area contributed by atoms with Gasteiger partial charge in [-0.15, -0.1) is 0 Å². The zero-order chi connectivity index (χ0) is 24.9. The van der Waals surface area contributed by atoms with Crippen LogP contribution in [0.15, 0.2) is 41.3 Å². The summed E-state index contributed by atoms with van der Waals surface area (Å²) in [6.07, 6.45) is 1.70. The largest absolute Gasteiger partial charge is 0.494 e. The van der Waals surface area contributed by atoms with Crippen molar-refractivity contribution in [2.24, 2.45) is 0 Å². The summed E-state index contributed by atoms with van der Waals surface area (Å²) in [7, 11) is 1.41. The number of thioether (sulfide) groups is 1. The molecule has 8 nitrogen and oxygen atoms in total. The molecule has 0 bridgehead atoms. The number of hydrogen-bond acceptors (Lipinski definition) is 8. The molecule has 2 aliphatic heterocycles. The fourth-order valence-corrected chi connectivity index (χ4v) is 5.24. The molecule has 1 aromatic heterocycles. The minimum Gasteiger partial charge on any atom is -0.494 e. The smallest absolute Gasteiger partial charge is 0.317 e. The van der Waals surface area contributed by atoms with Gasteiger partial charge in [-0.05, 0) is 36.4 Å². The van der Waals surface area contributed by atoms with Gasteiger partial charge in [0, 0.05) is 44.8 Å². The number of thiocarbonyl (C=S) groups is 1. The van der Waals surface area contributed by atoms with Crippen molar-refractivity contribution in [3.05, 3.63) is 52.8 Å². The summed E-state index contributed by atoms with van der Waals surface area (Å²) < 4.78 is 19.6. The van der Waals surface area contributed by atoms with Crippen molar-refractivity contribution < 1.29 is 23.8 Å². The van der Waals surface area contributed by atoms with Crippen molar-refractivity contribution in [3.8, 4) is 17.0 Å². The monoisotopic (exact) mass is 516 g/mol. The van der Waals surface area contributed by atoms with Crippen LogP contribution in [0.5, 0.6) is 5.75 Å². The molecule has 1 N–H and O–H groups in total. The predicted octanol–water partition coefficient (Wildman–Crippen LogP) is 2.80. The predicted molar refractivity (Wildman–Crippen MR) is 137 cm³/mol. The van der Waals surface area contributed by atoms with Gasteiger partial charge in [0.1, 0.15) is 4.32 Å². The van der Waals surface area contributed by atoms with E-state index in [4.69, 9.17) is 22.1 Å². The second-order valence-corrected chi connectivity index (χ2v) is 9.82. The molecule has 11 heteroatoms. The highest BCUT2D eigenvalue weighted by molar-refractivity contribution is 8.26. The van der Waals surface area contributed by atoms with Gasteiger partial charge < -0.3 is 9.84 Å². The third kappa shape index (κ3) is 6.23. The van der Waals surface area contributed by atoms with Crippen LogP contribution in [-0.2, 0) is 9.59 Å². The lowest BCUT2D eigenvalue weighted by Gasteiger charge is -2.34. The van der Waals surface area contributed by atoms with Crippen molar-refractivity contribution in [3.63, 3.8) is 0 Å². The van der Waals surface area contributed by atoms with Crippen LogP contribution in [0.25, 0.3) is 17.3 Å². The summed E-state index contributed by atoms with van der Waals surface area (Å²) in [6.45, 7) is 4.06. The van der Waals surface area contributed by atoms with Crippen LogP contribution in [0.2, 0.25) is 0 Å². The number of aromatic nitrogens is 1. The van der Waals surface area contributed by atoms with Gasteiger partial charge in [0.15, 0.2) is 11.6 Å². The summed E-state index contributed by atoms with van der Waals surface area (Å²) in [5.74, 6) is -1.29. The number of hydrogen-bond donors (Lipinski definition) is 1. The van der Waals surface area contributed by atoms with Gasteiger partial charge in [-0.2, -0.15) is 0 Å². The van der Waals surface area contributed by atoms with Gasteiger partial charge in [-0.1, -0.05) is 30.0 Å². The summed E-state index contributed by atoms with van der Waals surface area (Å²) in [5, 5.41) is 8.93. The number of ether oxygens (including phenoxy) is 1. The third-order valence-corrected chi connectivity index (χ3v) is 7.21. The third-order valence-electron chi connectivity index (χ3n) is 5.83. The number of methoxy groups -OCH3 is 1. The molecular formula is C24H25FN4O4S2. The first-order valence-corrected chi connectivity index (χ1v) is 12.3. The number of carboxylic acids is 1. The highest BCUT2D eigenvalue weighted by Crippen LogP contribution is 2.32. The number of aliphatic carboxylic acids is 1. The number of carbonyl (C=O) groups is 2. The maximum atomic E-state index is 14.1. The molecule has 0 unspecified atom stereocenters. The summed E-state index contributed by atoms with van der Waals surface area (Å²) in [5.41, 5.74) is 1.76. The van der Waals surface area contributed by atoms with Gasteiger partial charge in [0.25, 0.3) is 5.91 Å². The summed E-state index contributed by atoms with van der Waals surface area (Å²) in [4.78, 5) is 34.6. The van der Waals surface area contributed by atoms with E-state index in [0.29, 0.717) is 52.4 Å². The molecule has 35 heavy (non-hydrogen) atoms. The van der Waals surface area contributed by atoms with Crippen LogP contribution in [0, 0.1) is 5.82 Å². The Hall–Kier alpha value is -2.86. The van der Waals surface area contributed by atoms with Crippen LogP contribution in [0.4, 0.5) is 4.39 Å². The standard InChI is InChI=1S/C24H25FN4O4S2/c1-33-20-6-5-16(13-18(20)25)19-4-2-3-17(26-19)14-21-23(32)29(24(34)35-21)12-11-27-7-9-28(10-8-27)15-22(30)31/h2-6,13-14H,7-12,15H2,1H3,(H,30,31)/b21-14-. The van der Waals surface area contributed by atoms with Gasteiger partial charge in [0.2, 0.25) is 0 Å². The van der Waals surface area contributed by atoms with E-state index in [2.05, 4.69) is 9.88 Å². The zero-order valence-corrected chi connectivity index (χ0v) is 20.8. The molecule has 2 fully saturated rings. The first-order chi connectivity index (χ1) is 16.8. The number of halogens is 1. The quantitative estimate of drug-likeness (QED) is 0.420. The van der Waals surface area contributed by atoms with Gasteiger partial charge >= 0.3 is 5.97 Å². The second-order valence-electron chi connectivity index (χ2n) is 8.14. The molecule has 4 rings (SSSR count). The van der Waals surface area contributed by atoms with E-state index >= 15 is 0 Å². The first kappa shape index (κ1) is 25.2. The van der Waals surface area contributed by atoms with Gasteiger partial charge in [0.05, 0.1) is 29.9 Å². The molecular weight excluding hydrogens is 491 g/mol. The second kappa shape index (κ2) is 11.3. The number of rotatable bonds is 8. The average Bonchev–Trinajstić information content (AvgIpc) is 3.10. The molecule has 0 atom stereocenters. The van der Waals surface area contributed by atoms with Crippen LogP contribution in [0.1, 0.15) is 5.69 Å². The Morgan fingerprint density at radius 3 is 2.63 bits per heavy atom. The Bertz CT molecular complexity index is 1170. The van der Waals surface area contributed by atoms with E-state index in [1.54, 1.807) is 41.3 Å². The van der Waals surface area contributed by atoms with E-state index in [1.165, 1.54) is 24.9 Å². The minimum absolute atomic E-state index is 0.0516. The molecule has 1 aromatic carbocycles. The molecule has 0 saturated carbocycles. The fourth-order valence-electron chi connectivity index (χ4n) is 3.95. The molecule has 0 radical (unpaired) electrons. The van der Waals surface area contributed by atoms with Crippen molar-refractivity contribution in [2.45, 2.75) is 0 Å². The molecule has 1 amide bonds. The zero-order valence-electron chi connectivity index (χ0n) is 19.1. The summed E-state index contributed by atoms with van der Waals surface area (Å²) >= 11 is 6.69. The lowest BCUT2D eigenvalue weighted by molar-refractivity contribution is -0.138. The molecule has 2 aromatic rings. The van der Waals surface area contributed by atoms with Crippen molar-refractivity contribution in [2.75, 3.05) is 52.9 Å². The van der Waals surface area contributed by atoms with E-state index in [-0.39, 0.29) is 18.2 Å². The summed E-state index contributed by atoms with van der Waals surface area (Å²) in [6, 6.07) is 10.0. The van der Waals surface area contributed by atoms with Crippen molar-refractivity contribution in [1.82, 2.24) is 19.7 Å². The Morgan fingerprint density at radius 2 is 1.94 bits per heavy atom. The van der Waals surface area contributed by atoms with Crippen LogP contribution in [0.3, 0.4) is 0 Å². The molecule has 2 saturated heterocycles. The molecule has 184 valence electrons. The normalized spacial score (nSPS) is 18.5. The highest BCUT2D eigenvalue weighted by atomic mass is 32.2. The van der Waals surface area contributed by atoms with E-state index in [1.807, 2.05) is 4.90 Å². The topological polar surface area (TPSA) is 86.2 Å². The molecule has 0 aliphatic carbocycles. The lowest BCUT2D eigenvalue weighted by Crippen LogP contribution is -2.49. The highest BCUT2D eigenvalue weighted by Gasteiger charge is 2.32. The Morgan fingerprint density at radius 1 is 1.20 bits per heavy atom. The van der Waals surface area contributed by atoms with E-state index in [0.717, 1.165) is 13.1 Å². The number of piperazine rings is 1. The number of carbonyl (C=O) groups excluding carboxylic acids is 1. The van der Waals surface area contributed by atoms with Crippen LogP contribution in [-0.4, -0.2) is 93.9 Å². The minimum atomic E-state index is -0.820. The molecule has 2 aliphatic rings. The van der Waals surface area contributed by atoms with E-state index < -0.39 is 11.8 Å². The van der Waals surface area contributed by atoms with Crippen molar-refractivity contribution in [1.29, 1.82) is 0 Å². The molecule has 3 heterocycles. The number of benzene rings is 1. The van der Waals surface area contributed by atoms with Crippen LogP contribution >= 0.6 is 24.0 Å². The SMILES string of the molecule is COc1ccc(-c2cccc(/C=C3\SC(=S)N(CCN4CCN(CC(=O)O)CC4)C3=O)n2)cc1F. The van der Waals surface area contributed by atoms with Crippen molar-refractivity contribution >= 4 is 46.3 Å². The lowest BCUT2D eigenvalue weighted by atomic mass is 10.1. The number of nitrogens with zero attached hydrogens (tertiary/aromatic N) is 4. The maximum Gasteiger partial charge on any atom is 0.317 e. The Balaban J connectivity index is 1.39. The first-order valence-electron chi connectivity index (χ1n) is 11.1. The fraction of sp³-hybridized carbons (Fsp3) is 0.333. The maximum absolute atomic E-state index is 14.1. The Kier molecular flexibility index (Phi) is 8.11. The van der Waals surface area contributed by atoms with Gasteiger partial charge in [-0.3, -0.25) is 24.3 Å². The van der Waals surface area contributed by atoms with Crippen LogP contribution < -0.4 is 4.74 Å². The molecule has 0 spiro atoms. The Labute approximate surface area is 212 Å². The number of pyridine rings is 1. The number of carboxylic acid groups (broad SMARTS) is 1. The number of amides is 1.